The molecule has 0 aliphatic heterocycles. The van der Waals surface area contributed by atoms with Gasteiger partial charge in [0.05, 0.1) is 10.9 Å². The number of hydrogen-bond donors (Lipinski definition) is 1. The third-order valence-electron chi connectivity index (χ3n) is 8.81. The Kier molecular flexibility index (Phi) is 4.63. The molecule has 0 aromatic rings. The van der Waals surface area contributed by atoms with E-state index in [0.717, 1.165) is 32.1 Å². The third-order valence-corrected chi connectivity index (χ3v) is 9.36. The molecule has 0 bridgehead atoms. The molecule has 0 amide bonds. The third kappa shape index (κ3) is 2.82. The zero-order chi connectivity index (χ0) is 18.9. The van der Waals surface area contributed by atoms with Crippen LogP contribution in [-0.2, 0) is 4.79 Å². The largest absolute Gasteiger partial charge is 0.390 e. The fourth-order valence-corrected chi connectivity index (χ4v) is 8.00. The van der Waals surface area contributed by atoms with E-state index in [9.17, 15) is 9.90 Å². The minimum atomic E-state index is -2.69. The highest BCUT2D eigenvalue weighted by Gasteiger charge is 2.64. The van der Waals surface area contributed by atoms with Crippen molar-refractivity contribution in [3.8, 4) is 0 Å². The maximum Gasteiger partial charge on any atom is 0.251 e. The van der Waals surface area contributed by atoms with Crippen molar-refractivity contribution in [1.29, 1.82) is 0 Å². The molecular formula is C21H31BrF2O2. The van der Waals surface area contributed by atoms with Gasteiger partial charge in [0, 0.05) is 18.3 Å². The first-order valence-corrected chi connectivity index (χ1v) is 11.4. The summed E-state index contributed by atoms with van der Waals surface area (Å²) in [6, 6.07) is 0. The Labute approximate surface area is 163 Å². The SMILES string of the molecule is C[C@]1(O)CC[C@@H]2[C@H]3CC[C@]4(C)[C@@H](C(=O)CBr)CC[C@H]4[C@@H]3CC(F)(F)[C@H]2C1. The molecule has 5 heteroatoms. The van der Waals surface area contributed by atoms with Gasteiger partial charge in [0.15, 0.2) is 0 Å². The fraction of sp³-hybridized carbons (Fsp3) is 0.952. The van der Waals surface area contributed by atoms with Gasteiger partial charge in [0.1, 0.15) is 5.78 Å². The first-order valence-electron chi connectivity index (χ1n) is 10.3. The molecule has 4 saturated carbocycles. The van der Waals surface area contributed by atoms with Crippen molar-refractivity contribution in [3.63, 3.8) is 0 Å². The predicted octanol–water partition coefficient (Wildman–Crippen LogP) is 5.22. The van der Waals surface area contributed by atoms with Crippen molar-refractivity contribution in [2.24, 2.45) is 40.9 Å². The highest BCUT2D eigenvalue weighted by molar-refractivity contribution is 9.09. The molecule has 148 valence electrons. The Morgan fingerprint density at radius 2 is 1.69 bits per heavy atom. The van der Waals surface area contributed by atoms with Gasteiger partial charge in [-0.25, -0.2) is 8.78 Å². The maximum absolute atomic E-state index is 15.2. The summed E-state index contributed by atoms with van der Waals surface area (Å²) in [6.45, 7) is 3.92. The molecule has 0 aromatic heterocycles. The van der Waals surface area contributed by atoms with Crippen LogP contribution in [-0.4, -0.2) is 27.7 Å². The minimum Gasteiger partial charge on any atom is -0.390 e. The lowest BCUT2D eigenvalue weighted by Gasteiger charge is -2.58. The van der Waals surface area contributed by atoms with Gasteiger partial charge in [0.25, 0.3) is 5.92 Å². The molecule has 0 unspecified atom stereocenters. The average Bonchev–Trinajstić information content (AvgIpc) is 2.91. The molecule has 0 aromatic carbocycles. The normalized spacial score (nSPS) is 52.7. The number of alkyl halides is 3. The number of halogens is 3. The van der Waals surface area contributed by atoms with E-state index in [1.165, 1.54) is 0 Å². The first kappa shape index (κ1) is 19.3. The molecule has 8 atom stereocenters. The second-order valence-corrected chi connectivity index (χ2v) is 10.7. The van der Waals surface area contributed by atoms with Crippen molar-refractivity contribution >= 4 is 21.7 Å². The lowest BCUT2D eigenvalue weighted by Crippen LogP contribution is -2.57. The Morgan fingerprint density at radius 1 is 1.00 bits per heavy atom. The van der Waals surface area contributed by atoms with Crippen LogP contribution < -0.4 is 0 Å². The van der Waals surface area contributed by atoms with Crippen molar-refractivity contribution in [2.75, 3.05) is 5.33 Å². The number of fused-ring (bicyclic) bond motifs is 5. The number of aliphatic hydroxyl groups is 1. The topological polar surface area (TPSA) is 37.3 Å². The predicted molar refractivity (Wildman–Crippen MR) is 100 cm³/mol. The van der Waals surface area contributed by atoms with Crippen LogP contribution in [0.25, 0.3) is 0 Å². The van der Waals surface area contributed by atoms with Gasteiger partial charge in [-0.2, -0.15) is 0 Å². The molecule has 0 spiro atoms. The van der Waals surface area contributed by atoms with Crippen molar-refractivity contribution in [2.45, 2.75) is 76.7 Å². The molecule has 0 saturated heterocycles. The van der Waals surface area contributed by atoms with Crippen LogP contribution in [0.5, 0.6) is 0 Å². The zero-order valence-corrected chi connectivity index (χ0v) is 17.4. The van der Waals surface area contributed by atoms with Crippen LogP contribution >= 0.6 is 15.9 Å². The molecule has 4 aliphatic rings. The number of ketones is 1. The van der Waals surface area contributed by atoms with E-state index in [-0.39, 0.29) is 47.7 Å². The average molecular weight is 433 g/mol. The molecule has 0 radical (unpaired) electrons. The van der Waals surface area contributed by atoms with Crippen LogP contribution in [0, 0.1) is 40.9 Å². The first-order chi connectivity index (χ1) is 12.1. The molecule has 4 fully saturated rings. The van der Waals surface area contributed by atoms with E-state index in [1.807, 2.05) is 0 Å². The number of Topliss-reactive ketones (excluding diaryl/α,β-unsaturated/α-hetero) is 1. The van der Waals surface area contributed by atoms with E-state index in [1.54, 1.807) is 6.92 Å². The molecule has 26 heavy (non-hydrogen) atoms. The molecule has 2 nitrogen and oxygen atoms in total. The summed E-state index contributed by atoms with van der Waals surface area (Å²) in [5, 5.41) is 10.8. The van der Waals surface area contributed by atoms with Crippen LogP contribution in [0.2, 0.25) is 0 Å². The summed E-state index contributed by atoms with van der Waals surface area (Å²) in [4.78, 5) is 12.4. The smallest absolute Gasteiger partial charge is 0.251 e. The van der Waals surface area contributed by atoms with Gasteiger partial charge >= 0.3 is 0 Å². The van der Waals surface area contributed by atoms with Gasteiger partial charge in [0.2, 0.25) is 0 Å². The van der Waals surface area contributed by atoms with E-state index in [4.69, 9.17) is 0 Å². The summed E-state index contributed by atoms with van der Waals surface area (Å²) in [7, 11) is 0. The highest BCUT2D eigenvalue weighted by atomic mass is 79.9. The molecule has 4 aliphatic carbocycles. The molecule has 0 heterocycles. The highest BCUT2D eigenvalue weighted by Crippen LogP contribution is 2.66. The van der Waals surface area contributed by atoms with Gasteiger partial charge in [-0.3, -0.25) is 4.79 Å². The summed E-state index contributed by atoms with van der Waals surface area (Å²) >= 11 is 3.32. The van der Waals surface area contributed by atoms with E-state index < -0.39 is 17.4 Å². The Balaban J connectivity index is 1.63. The molecule has 1 N–H and O–H groups in total. The summed E-state index contributed by atoms with van der Waals surface area (Å²) < 4.78 is 30.3. The van der Waals surface area contributed by atoms with Crippen LogP contribution in [0.4, 0.5) is 8.78 Å². The summed E-state index contributed by atoms with van der Waals surface area (Å²) in [5.41, 5.74) is -1.05. The number of hydrogen-bond acceptors (Lipinski definition) is 2. The number of carbonyl (C=O) groups is 1. The van der Waals surface area contributed by atoms with E-state index >= 15 is 8.78 Å². The van der Waals surface area contributed by atoms with Crippen LogP contribution in [0.15, 0.2) is 0 Å². The van der Waals surface area contributed by atoms with Crippen molar-refractivity contribution in [3.05, 3.63) is 0 Å². The Bertz CT molecular complexity index is 593. The molecule has 4 rings (SSSR count). The monoisotopic (exact) mass is 432 g/mol. The second-order valence-electron chi connectivity index (χ2n) is 10.2. The fourth-order valence-electron chi connectivity index (χ4n) is 7.61. The van der Waals surface area contributed by atoms with Crippen molar-refractivity contribution < 1.29 is 18.7 Å². The van der Waals surface area contributed by atoms with Gasteiger partial charge in [-0.15, -0.1) is 0 Å². The Hall–Kier alpha value is -0.0300. The van der Waals surface area contributed by atoms with E-state index in [0.29, 0.717) is 17.7 Å². The minimum absolute atomic E-state index is 0.0336. The van der Waals surface area contributed by atoms with Gasteiger partial charge < -0.3 is 5.11 Å². The van der Waals surface area contributed by atoms with Gasteiger partial charge in [-0.1, -0.05) is 22.9 Å². The van der Waals surface area contributed by atoms with Crippen LogP contribution in [0.1, 0.15) is 65.2 Å². The standard InChI is InChI=1S/C21H31BrF2O2/c1-19(26)7-5-13-12-6-8-20(2)15(3-4-16(20)18(25)11-22)14(12)9-21(23,24)17(13)10-19/h12-17,26H,3-11H2,1-2H3/t12-,13-,14-,15+,16-,17+,19+,20+/m1/s1. The van der Waals surface area contributed by atoms with E-state index in [2.05, 4.69) is 22.9 Å². The lowest BCUT2D eigenvalue weighted by atomic mass is 9.48. The Morgan fingerprint density at radius 3 is 2.38 bits per heavy atom. The number of rotatable bonds is 2. The van der Waals surface area contributed by atoms with Crippen molar-refractivity contribution in [1.82, 2.24) is 0 Å². The van der Waals surface area contributed by atoms with Gasteiger partial charge in [-0.05, 0) is 81.0 Å². The number of carbonyl (C=O) groups excluding carboxylic acids is 1. The maximum atomic E-state index is 15.2. The summed E-state index contributed by atoms with van der Waals surface area (Å²) in [5.74, 6) is -2.38. The van der Waals surface area contributed by atoms with Crippen LogP contribution in [0.3, 0.4) is 0 Å². The molecular weight excluding hydrogens is 402 g/mol. The second kappa shape index (κ2) is 6.23. The lowest BCUT2D eigenvalue weighted by molar-refractivity contribution is -0.210. The summed E-state index contributed by atoms with van der Waals surface area (Å²) in [6.07, 6.45) is 5.32. The zero-order valence-electron chi connectivity index (χ0n) is 15.8. The quantitative estimate of drug-likeness (QED) is 0.607.